The summed E-state index contributed by atoms with van der Waals surface area (Å²) in [5.41, 5.74) is -0.608. The highest BCUT2D eigenvalue weighted by Crippen LogP contribution is 2.35. The Balaban J connectivity index is 2.04. The Bertz CT molecular complexity index is 999. The van der Waals surface area contributed by atoms with Crippen LogP contribution < -0.4 is 10.4 Å². The number of rotatable bonds is 6. The number of fused-ring (bicyclic) bond motifs is 1. The molecule has 2 aromatic heterocycles. The molecule has 136 valence electrons. The van der Waals surface area contributed by atoms with Crippen molar-refractivity contribution in [2.24, 2.45) is 0 Å². The number of aromatic nitrogens is 2. The summed E-state index contributed by atoms with van der Waals surface area (Å²) in [6.45, 7) is 2.08. The van der Waals surface area contributed by atoms with Gasteiger partial charge in [0.2, 0.25) is 5.75 Å². The fraction of sp³-hybridized carbons (Fsp3) is 0.278. The molecule has 26 heavy (non-hydrogen) atoms. The van der Waals surface area contributed by atoms with Gasteiger partial charge in [-0.15, -0.1) is 0 Å². The minimum absolute atomic E-state index is 0.0153. The first-order chi connectivity index (χ1) is 12.5. The van der Waals surface area contributed by atoms with E-state index in [-0.39, 0.29) is 22.6 Å². The molecule has 1 aromatic carbocycles. The van der Waals surface area contributed by atoms with E-state index in [2.05, 4.69) is 16.9 Å². The van der Waals surface area contributed by atoms with Crippen LogP contribution in [0.15, 0.2) is 33.6 Å². The summed E-state index contributed by atoms with van der Waals surface area (Å²) in [5, 5.41) is 29.4. The van der Waals surface area contributed by atoms with Crippen LogP contribution in [0, 0.1) is 0 Å². The maximum absolute atomic E-state index is 12.4. The van der Waals surface area contributed by atoms with E-state index in [0.29, 0.717) is 17.6 Å². The van der Waals surface area contributed by atoms with Gasteiger partial charge in [0.25, 0.3) is 5.88 Å². The maximum Gasteiger partial charge on any atom is 0.347 e. The number of aryl methyl sites for hydroxylation is 1. The second kappa shape index (κ2) is 7.30. The van der Waals surface area contributed by atoms with E-state index < -0.39 is 17.5 Å². The summed E-state index contributed by atoms with van der Waals surface area (Å²) in [5.74, 6) is -0.380. The number of phenols is 1. The lowest BCUT2D eigenvalue weighted by molar-refractivity contribution is 0.365. The van der Waals surface area contributed by atoms with Gasteiger partial charge in [0.15, 0.2) is 0 Å². The van der Waals surface area contributed by atoms with Crippen molar-refractivity contribution in [3.8, 4) is 29.1 Å². The lowest BCUT2D eigenvalue weighted by atomic mass is 10.1. The summed E-state index contributed by atoms with van der Waals surface area (Å²) >= 11 is 0. The van der Waals surface area contributed by atoms with Crippen LogP contribution in [0.3, 0.4) is 0 Å². The smallest absolute Gasteiger partial charge is 0.347 e. The summed E-state index contributed by atoms with van der Waals surface area (Å²) in [4.78, 5) is 19.3. The Morgan fingerprint density at radius 1 is 1.12 bits per heavy atom. The molecule has 0 amide bonds. The highest BCUT2D eigenvalue weighted by Gasteiger charge is 2.16. The molecule has 2 heterocycles. The molecule has 3 rings (SSSR count). The molecule has 8 heteroatoms. The average Bonchev–Trinajstić information content (AvgIpc) is 2.57. The Labute approximate surface area is 148 Å². The Hall–Kier alpha value is -3.29. The number of phenolic OH excluding ortho intramolecular Hbond substituents is 1. The third-order valence-electron chi connectivity index (χ3n) is 3.83. The van der Waals surface area contributed by atoms with Crippen LogP contribution in [0.1, 0.15) is 31.9 Å². The molecule has 0 aliphatic rings. The van der Waals surface area contributed by atoms with Crippen molar-refractivity contribution >= 4 is 10.8 Å². The van der Waals surface area contributed by atoms with Crippen molar-refractivity contribution in [1.29, 1.82) is 0 Å². The zero-order valence-electron chi connectivity index (χ0n) is 14.1. The maximum atomic E-state index is 12.4. The Kier molecular flexibility index (Phi) is 4.92. The molecular formula is C18H18N2O6. The van der Waals surface area contributed by atoms with Gasteiger partial charge in [-0.25, -0.2) is 4.79 Å². The van der Waals surface area contributed by atoms with Crippen molar-refractivity contribution in [3.05, 3.63) is 40.6 Å². The molecule has 0 spiro atoms. The van der Waals surface area contributed by atoms with E-state index in [1.165, 1.54) is 12.1 Å². The molecule has 0 bridgehead atoms. The first-order valence-electron chi connectivity index (χ1n) is 8.20. The summed E-state index contributed by atoms with van der Waals surface area (Å²) in [7, 11) is 0. The normalized spacial score (nSPS) is 11.0. The fourth-order valence-electron chi connectivity index (χ4n) is 2.62. The predicted octanol–water partition coefficient (Wildman–Crippen LogP) is 3.22. The van der Waals surface area contributed by atoms with Crippen molar-refractivity contribution in [2.45, 2.75) is 32.6 Å². The van der Waals surface area contributed by atoms with E-state index >= 15 is 0 Å². The van der Waals surface area contributed by atoms with Crippen LogP contribution in [0.5, 0.6) is 29.1 Å². The topological polar surface area (TPSA) is 126 Å². The summed E-state index contributed by atoms with van der Waals surface area (Å²) < 4.78 is 10.8. The summed E-state index contributed by atoms with van der Waals surface area (Å²) in [6, 6.07) is 3.73. The highest BCUT2D eigenvalue weighted by molar-refractivity contribution is 5.89. The average molecular weight is 358 g/mol. The second-order valence-electron chi connectivity index (χ2n) is 5.83. The van der Waals surface area contributed by atoms with Crippen molar-refractivity contribution in [2.75, 3.05) is 0 Å². The van der Waals surface area contributed by atoms with Crippen LogP contribution in [-0.4, -0.2) is 25.3 Å². The van der Waals surface area contributed by atoms with Gasteiger partial charge in [-0.3, -0.25) is 0 Å². The van der Waals surface area contributed by atoms with Crippen LogP contribution in [0.4, 0.5) is 0 Å². The van der Waals surface area contributed by atoms with Crippen molar-refractivity contribution in [3.63, 3.8) is 0 Å². The molecule has 0 radical (unpaired) electrons. The molecule has 0 saturated heterocycles. The second-order valence-corrected chi connectivity index (χ2v) is 5.83. The minimum Gasteiger partial charge on any atom is -0.508 e. The van der Waals surface area contributed by atoms with Crippen molar-refractivity contribution in [1.82, 2.24) is 9.97 Å². The predicted molar refractivity (Wildman–Crippen MR) is 92.8 cm³/mol. The first-order valence-corrected chi connectivity index (χ1v) is 8.20. The van der Waals surface area contributed by atoms with Gasteiger partial charge in [0.1, 0.15) is 22.6 Å². The first kappa shape index (κ1) is 17.5. The molecule has 3 aromatic rings. The monoisotopic (exact) mass is 358 g/mol. The largest absolute Gasteiger partial charge is 0.508 e. The number of aromatic hydroxyl groups is 3. The molecule has 0 atom stereocenters. The molecule has 3 N–H and O–H groups in total. The number of benzene rings is 1. The van der Waals surface area contributed by atoms with Gasteiger partial charge >= 0.3 is 11.6 Å². The van der Waals surface area contributed by atoms with Crippen LogP contribution >= 0.6 is 0 Å². The standard InChI is InChI=1S/C18H18N2O6/c1-2-3-4-5-12-7-10-6-11(21)8-13(15(10)17(23)25-12)26-14-9-19-18(24)20-16(14)22/h6-9,21H,2-5H2,1H3,(H2,19,20,22,24). The van der Waals surface area contributed by atoms with E-state index in [0.717, 1.165) is 25.5 Å². The van der Waals surface area contributed by atoms with Gasteiger partial charge in [-0.2, -0.15) is 9.97 Å². The zero-order chi connectivity index (χ0) is 18.7. The lowest BCUT2D eigenvalue weighted by Gasteiger charge is -2.10. The van der Waals surface area contributed by atoms with Gasteiger partial charge in [0.05, 0.1) is 6.20 Å². The van der Waals surface area contributed by atoms with Crippen LogP contribution in [-0.2, 0) is 6.42 Å². The Morgan fingerprint density at radius 3 is 2.65 bits per heavy atom. The van der Waals surface area contributed by atoms with E-state index in [1.807, 2.05) is 0 Å². The third-order valence-corrected chi connectivity index (χ3v) is 3.83. The van der Waals surface area contributed by atoms with E-state index in [1.54, 1.807) is 6.07 Å². The molecule has 0 aliphatic heterocycles. The number of hydrogen-bond donors (Lipinski definition) is 3. The number of ether oxygens (including phenoxy) is 1. The molecular weight excluding hydrogens is 340 g/mol. The Morgan fingerprint density at radius 2 is 1.92 bits per heavy atom. The van der Waals surface area contributed by atoms with E-state index in [9.17, 15) is 15.0 Å². The molecule has 0 unspecified atom stereocenters. The third kappa shape index (κ3) is 3.69. The highest BCUT2D eigenvalue weighted by atomic mass is 16.5. The minimum atomic E-state index is -0.619. The molecule has 0 aliphatic carbocycles. The van der Waals surface area contributed by atoms with Crippen LogP contribution in [0.25, 0.3) is 10.8 Å². The number of hydrogen-bond acceptors (Lipinski definition) is 8. The number of nitrogens with zero attached hydrogens (tertiary/aromatic N) is 2. The zero-order valence-corrected chi connectivity index (χ0v) is 14.1. The van der Waals surface area contributed by atoms with E-state index in [4.69, 9.17) is 14.3 Å². The summed E-state index contributed by atoms with van der Waals surface area (Å²) in [6.07, 6.45) is 4.64. The number of unbranched alkanes of at least 4 members (excludes halogenated alkanes) is 2. The SMILES string of the molecule is CCCCCc1cc2cc(O)cc(Oc3cnc(O)nc3O)c2c(=O)o1. The van der Waals surface area contributed by atoms with Gasteiger partial charge in [-0.05, 0) is 23.9 Å². The quantitative estimate of drug-likeness (QED) is 0.573. The molecule has 8 nitrogen and oxygen atoms in total. The van der Waals surface area contributed by atoms with Gasteiger partial charge < -0.3 is 24.5 Å². The molecule has 0 saturated carbocycles. The lowest BCUT2D eigenvalue weighted by Crippen LogP contribution is -2.04. The van der Waals surface area contributed by atoms with Gasteiger partial charge in [-0.1, -0.05) is 19.8 Å². The van der Waals surface area contributed by atoms with Crippen LogP contribution in [0.2, 0.25) is 0 Å². The fourth-order valence-corrected chi connectivity index (χ4v) is 2.62. The van der Waals surface area contributed by atoms with Gasteiger partial charge in [0, 0.05) is 12.5 Å². The van der Waals surface area contributed by atoms with Crippen molar-refractivity contribution < 1.29 is 24.5 Å². The molecule has 0 fully saturated rings.